The fourth-order valence-corrected chi connectivity index (χ4v) is 5.00. The van der Waals surface area contributed by atoms with Gasteiger partial charge in [-0.15, -0.1) is 0 Å². The van der Waals surface area contributed by atoms with E-state index in [1.165, 1.54) is 0 Å². The van der Waals surface area contributed by atoms with Gasteiger partial charge >= 0.3 is 96.5 Å². The van der Waals surface area contributed by atoms with Crippen LogP contribution in [-0.4, -0.2) is 56.7 Å². The van der Waals surface area contributed by atoms with Gasteiger partial charge in [0.15, 0.2) is 0 Å². The molecule has 0 rings (SSSR count). The van der Waals surface area contributed by atoms with E-state index in [1.54, 1.807) is 0 Å². The molecule has 0 aromatic heterocycles. The minimum atomic E-state index is -4.93. The standard InChI is InChI=1S/C6H16O9P2/c1-6(11)14-16(12,13)15-17(2-7,3-8,4-9)5-10/h7-10H,2-5H2,1H3,(H,12,13). The Morgan fingerprint density at radius 2 is 1.47 bits per heavy atom. The van der Waals surface area contributed by atoms with Gasteiger partial charge in [-0.05, 0) is 0 Å². The van der Waals surface area contributed by atoms with Crippen LogP contribution in [0.15, 0.2) is 0 Å². The predicted molar refractivity (Wildman–Crippen MR) is 57.9 cm³/mol. The van der Waals surface area contributed by atoms with Crippen molar-refractivity contribution in [3.63, 3.8) is 0 Å². The van der Waals surface area contributed by atoms with Crippen LogP contribution in [0.1, 0.15) is 6.92 Å². The van der Waals surface area contributed by atoms with Crippen molar-refractivity contribution in [2.45, 2.75) is 6.92 Å². The fraction of sp³-hybridized carbons (Fsp3) is 0.833. The molecule has 104 valence electrons. The zero-order valence-corrected chi connectivity index (χ0v) is 10.9. The molecule has 9 nitrogen and oxygen atoms in total. The Morgan fingerprint density at radius 3 is 1.71 bits per heavy atom. The molecule has 5 N–H and O–H groups in total. The molecule has 1 atom stereocenters. The van der Waals surface area contributed by atoms with Crippen molar-refractivity contribution < 1.29 is 43.5 Å². The average Bonchev–Trinajstić information content (AvgIpc) is 2.25. The van der Waals surface area contributed by atoms with Crippen LogP contribution in [0.25, 0.3) is 0 Å². The summed E-state index contributed by atoms with van der Waals surface area (Å²) in [4.78, 5) is 19.7. The SMILES string of the molecule is CC(=O)OP(=O)(O)OP(CO)(CO)(CO)CO. The predicted octanol–water partition coefficient (Wildman–Crippen LogP) is -1.07. The van der Waals surface area contributed by atoms with Gasteiger partial charge in [0.05, 0.1) is 0 Å². The fourth-order valence-electron chi connectivity index (χ4n) is 0.843. The number of carbonyl (C=O) groups excluding carboxylic acids is 1. The van der Waals surface area contributed by atoms with E-state index < -0.39 is 46.0 Å². The number of phosphoric ester groups is 1. The maximum atomic E-state index is 11.4. The second-order valence-corrected chi connectivity index (χ2v) is 10.2. The molecule has 0 aliphatic rings. The Hall–Kier alpha value is -0.110. The summed E-state index contributed by atoms with van der Waals surface area (Å²) in [5.41, 5.74) is 0. The van der Waals surface area contributed by atoms with Gasteiger partial charge in [0.1, 0.15) is 0 Å². The van der Waals surface area contributed by atoms with Crippen LogP contribution in [0.5, 0.6) is 0 Å². The van der Waals surface area contributed by atoms with Crippen molar-refractivity contribution in [2.75, 3.05) is 25.4 Å². The molecule has 0 aromatic rings. The van der Waals surface area contributed by atoms with Gasteiger partial charge in [-0.3, -0.25) is 0 Å². The zero-order chi connectivity index (χ0) is 13.8. The third kappa shape index (κ3) is 3.94. The van der Waals surface area contributed by atoms with Crippen LogP contribution < -0.4 is 0 Å². The van der Waals surface area contributed by atoms with E-state index in [0.29, 0.717) is 0 Å². The number of aliphatic hydroxyl groups excluding tert-OH is 4. The number of aliphatic hydroxyl groups is 4. The number of carbonyl (C=O) groups is 1. The van der Waals surface area contributed by atoms with Crippen molar-refractivity contribution in [1.29, 1.82) is 0 Å². The molecule has 0 radical (unpaired) electrons. The Labute approximate surface area is 97.2 Å². The van der Waals surface area contributed by atoms with Gasteiger partial charge in [-0.1, -0.05) is 0 Å². The number of hydrogen-bond donors (Lipinski definition) is 5. The Bertz CT molecular complexity index is 302. The van der Waals surface area contributed by atoms with Crippen molar-refractivity contribution >= 4 is 20.6 Å². The summed E-state index contributed by atoms with van der Waals surface area (Å²) in [5, 5.41) is 36.4. The van der Waals surface area contributed by atoms with Crippen molar-refractivity contribution in [3.8, 4) is 0 Å². The van der Waals surface area contributed by atoms with Crippen molar-refractivity contribution in [3.05, 3.63) is 0 Å². The molecule has 0 aliphatic carbocycles. The first-order chi connectivity index (χ1) is 7.68. The molecule has 0 heterocycles. The molecule has 0 amide bonds. The molecule has 11 heteroatoms. The summed E-state index contributed by atoms with van der Waals surface area (Å²) in [7, 11) is -4.93. The van der Waals surface area contributed by atoms with E-state index >= 15 is 0 Å². The number of rotatable bonds is 7. The Morgan fingerprint density at radius 1 is 1.12 bits per heavy atom. The molecule has 0 aromatic carbocycles. The summed E-state index contributed by atoms with van der Waals surface area (Å²) < 4.78 is 19.8. The molecule has 0 saturated carbocycles. The summed E-state index contributed by atoms with van der Waals surface area (Å²) in [6.45, 7) is -3.64. The summed E-state index contributed by atoms with van der Waals surface area (Å²) in [6, 6.07) is 0. The summed E-state index contributed by atoms with van der Waals surface area (Å²) in [5.74, 6) is -1.13. The zero-order valence-electron chi connectivity index (χ0n) is 9.09. The Kier molecular flexibility index (Phi) is 5.65. The third-order valence-corrected chi connectivity index (χ3v) is 8.03. The van der Waals surface area contributed by atoms with Crippen molar-refractivity contribution in [1.82, 2.24) is 0 Å². The van der Waals surface area contributed by atoms with Crippen LogP contribution in [0, 0.1) is 0 Å². The van der Waals surface area contributed by atoms with E-state index in [2.05, 4.69) is 8.83 Å². The van der Waals surface area contributed by atoms with Gasteiger partial charge in [0.2, 0.25) is 0 Å². The second kappa shape index (κ2) is 5.69. The molecular formula is C6H16O9P2. The first-order valence-corrected chi connectivity index (χ1v) is 8.76. The molecule has 1 unspecified atom stereocenters. The van der Waals surface area contributed by atoms with Crippen LogP contribution in [0.2, 0.25) is 0 Å². The van der Waals surface area contributed by atoms with E-state index in [-0.39, 0.29) is 0 Å². The molecular weight excluding hydrogens is 278 g/mol. The average molecular weight is 294 g/mol. The first kappa shape index (κ1) is 16.9. The normalized spacial score (nSPS) is 17.9. The van der Waals surface area contributed by atoms with E-state index in [9.17, 15) is 14.3 Å². The van der Waals surface area contributed by atoms with E-state index in [0.717, 1.165) is 6.92 Å². The monoisotopic (exact) mass is 294 g/mol. The minimum absolute atomic E-state index is 0.844. The van der Waals surface area contributed by atoms with Gasteiger partial charge in [0, 0.05) is 0 Å². The van der Waals surface area contributed by atoms with E-state index in [4.69, 9.17) is 20.4 Å². The Balaban J connectivity index is 5.26. The third-order valence-electron chi connectivity index (χ3n) is 2.01. The summed E-state index contributed by atoms with van der Waals surface area (Å²) in [6.07, 6.45) is -4.16. The van der Waals surface area contributed by atoms with Gasteiger partial charge in [-0.2, -0.15) is 0 Å². The summed E-state index contributed by atoms with van der Waals surface area (Å²) >= 11 is 0. The first-order valence-electron chi connectivity index (χ1n) is 4.37. The maximum absolute atomic E-state index is 11.4. The molecule has 0 saturated heterocycles. The van der Waals surface area contributed by atoms with Crippen LogP contribution in [-0.2, 0) is 18.2 Å². The molecule has 0 spiro atoms. The van der Waals surface area contributed by atoms with Gasteiger partial charge < -0.3 is 0 Å². The quantitative estimate of drug-likeness (QED) is 0.369. The van der Waals surface area contributed by atoms with E-state index in [1.807, 2.05) is 0 Å². The topological polar surface area (TPSA) is 154 Å². The van der Waals surface area contributed by atoms with Gasteiger partial charge in [-0.25, -0.2) is 0 Å². The second-order valence-electron chi connectivity index (χ2n) is 3.56. The van der Waals surface area contributed by atoms with Gasteiger partial charge in [0.25, 0.3) is 0 Å². The number of hydrogen-bond acceptors (Lipinski definition) is 8. The van der Waals surface area contributed by atoms with Crippen LogP contribution >= 0.6 is 14.7 Å². The molecule has 0 fully saturated rings. The molecule has 0 bridgehead atoms. The van der Waals surface area contributed by atoms with Crippen LogP contribution in [0.4, 0.5) is 0 Å². The van der Waals surface area contributed by atoms with Crippen LogP contribution in [0.3, 0.4) is 0 Å². The number of phosphoric acid groups is 1. The van der Waals surface area contributed by atoms with Crippen molar-refractivity contribution in [2.24, 2.45) is 0 Å². The molecule has 17 heavy (non-hydrogen) atoms. The molecule has 0 aliphatic heterocycles.